The van der Waals surface area contributed by atoms with Gasteiger partial charge in [-0.2, -0.15) is 4.39 Å². The Balaban J connectivity index is 2.39. The fourth-order valence-electron chi connectivity index (χ4n) is 3.49. The molecule has 134 valence electrons. The van der Waals surface area contributed by atoms with Crippen LogP contribution in [0.15, 0.2) is 17.1 Å². The van der Waals surface area contributed by atoms with Gasteiger partial charge in [-0.25, -0.2) is 9.18 Å². The van der Waals surface area contributed by atoms with Gasteiger partial charge >= 0.3 is 5.97 Å². The Bertz CT molecular complexity index is 918. The number of aryl methyl sites for hydroxylation is 1. The monoisotopic (exact) mass is 352 g/mol. The van der Waals surface area contributed by atoms with E-state index in [1.165, 1.54) is 4.57 Å². The number of aromatic carboxylic acids is 1. The first-order chi connectivity index (χ1) is 11.8. The lowest BCUT2D eigenvalue weighted by Gasteiger charge is -2.38. The number of fused-ring (bicyclic) bond motifs is 1. The number of likely N-dealkylation sites (N-methyl/N-ethyl adjacent to an activating group) is 1. The normalized spacial score (nSPS) is 17.0. The molecule has 0 saturated carbocycles. The molecule has 1 saturated heterocycles. The number of benzene rings is 1. The number of piperazine rings is 1. The maximum atomic E-state index is 15.3. The van der Waals surface area contributed by atoms with Crippen molar-refractivity contribution in [3.05, 3.63) is 39.7 Å². The van der Waals surface area contributed by atoms with E-state index < -0.39 is 28.6 Å². The highest BCUT2D eigenvalue weighted by Crippen LogP contribution is 2.33. The summed E-state index contributed by atoms with van der Waals surface area (Å²) in [6.45, 7) is 4.26. The first kappa shape index (κ1) is 17.5. The number of rotatable bonds is 3. The minimum absolute atomic E-state index is 0.0493. The van der Waals surface area contributed by atoms with Crippen molar-refractivity contribution in [1.29, 1.82) is 0 Å². The van der Waals surface area contributed by atoms with Gasteiger partial charge in [0.05, 0.1) is 31.0 Å². The molecule has 6 nitrogen and oxygen atoms in total. The molecule has 1 aromatic carbocycles. The van der Waals surface area contributed by atoms with Gasteiger partial charge in [-0.05, 0) is 13.0 Å². The first-order valence-electron chi connectivity index (χ1n) is 8.14. The topological polar surface area (TPSA) is 71.3 Å². The van der Waals surface area contributed by atoms with Crippen LogP contribution in [-0.4, -0.2) is 48.9 Å². The summed E-state index contributed by atoms with van der Waals surface area (Å²) in [4.78, 5) is 23.6. The molecular weight excluding hydrogens is 332 g/mol. The van der Waals surface area contributed by atoms with E-state index in [1.54, 1.807) is 14.0 Å². The Kier molecular flexibility index (Phi) is 4.34. The van der Waals surface area contributed by atoms with Gasteiger partial charge in [-0.3, -0.25) is 9.28 Å². The second-order valence-corrected chi connectivity index (χ2v) is 6.47. The number of carboxylic acids is 1. The fraction of sp³-hybridized carbons (Fsp3) is 0.412. The molecule has 0 aliphatic carbocycles. The number of aromatic nitrogens is 1. The molecule has 0 spiro atoms. The molecule has 2 N–H and O–H groups in total. The standard InChI is InChI=1S/C17H19F2N3O3/c1-3-21-9-11(17(24)25)16(23)10-8-12(18)15(13(19)14(10)21)22(2)6-4-20-5-7-22/h8-9,20H,3-7H2,1-2H3/p+1. The Hall–Kier alpha value is -2.32. The molecule has 3 rings (SSSR count). The van der Waals surface area contributed by atoms with E-state index in [4.69, 9.17) is 0 Å². The summed E-state index contributed by atoms with van der Waals surface area (Å²) in [6, 6.07) is 0.972. The van der Waals surface area contributed by atoms with Crippen molar-refractivity contribution in [1.82, 2.24) is 14.4 Å². The van der Waals surface area contributed by atoms with Crippen LogP contribution < -0.4 is 15.2 Å². The maximum absolute atomic E-state index is 15.3. The lowest BCUT2D eigenvalue weighted by Crippen LogP contribution is -2.57. The molecule has 1 fully saturated rings. The third-order valence-corrected chi connectivity index (χ3v) is 4.90. The number of nitrogens with zero attached hydrogens (tertiary/aromatic N) is 2. The van der Waals surface area contributed by atoms with Crippen LogP contribution in [-0.2, 0) is 6.54 Å². The molecular formula is C17H20F2N3O3+. The molecule has 0 atom stereocenters. The molecule has 2 heterocycles. The van der Waals surface area contributed by atoms with E-state index in [1.807, 2.05) is 0 Å². The number of halogens is 2. The van der Waals surface area contributed by atoms with Crippen LogP contribution in [0.3, 0.4) is 0 Å². The minimum Gasteiger partial charge on any atom is -0.477 e. The minimum atomic E-state index is -1.42. The lowest BCUT2D eigenvalue weighted by molar-refractivity contribution is 0.0695. The van der Waals surface area contributed by atoms with Gasteiger partial charge in [0.2, 0.25) is 16.9 Å². The quantitative estimate of drug-likeness (QED) is 0.822. The largest absolute Gasteiger partial charge is 0.477 e. The summed E-state index contributed by atoms with van der Waals surface area (Å²) in [5.74, 6) is -3.04. The average Bonchev–Trinajstić information content (AvgIpc) is 2.55. The zero-order valence-corrected chi connectivity index (χ0v) is 14.1. The van der Waals surface area contributed by atoms with Crippen LogP contribution in [0.4, 0.5) is 14.5 Å². The number of quaternary nitrogens is 1. The van der Waals surface area contributed by atoms with Crippen LogP contribution >= 0.6 is 0 Å². The Morgan fingerprint density at radius 3 is 2.56 bits per heavy atom. The molecule has 1 aromatic heterocycles. The Morgan fingerprint density at radius 2 is 2.00 bits per heavy atom. The van der Waals surface area contributed by atoms with Crippen LogP contribution in [0.25, 0.3) is 10.9 Å². The molecule has 1 aliphatic rings. The van der Waals surface area contributed by atoms with E-state index in [9.17, 15) is 19.1 Å². The van der Waals surface area contributed by atoms with Gasteiger partial charge < -0.3 is 15.0 Å². The number of hydrogen-bond acceptors (Lipinski definition) is 3. The lowest BCUT2D eigenvalue weighted by atomic mass is 10.1. The van der Waals surface area contributed by atoms with Crippen molar-refractivity contribution in [2.45, 2.75) is 13.5 Å². The molecule has 0 radical (unpaired) electrons. The zero-order valence-electron chi connectivity index (χ0n) is 14.1. The summed E-state index contributed by atoms with van der Waals surface area (Å²) >= 11 is 0. The molecule has 2 aromatic rings. The van der Waals surface area contributed by atoms with Crippen molar-refractivity contribution in [2.75, 3.05) is 33.2 Å². The van der Waals surface area contributed by atoms with Gasteiger partial charge in [0, 0.05) is 25.8 Å². The molecule has 1 aliphatic heterocycles. The van der Waals surface area contributed by atoms with Crippen LogP contribution in [0.2, 0.25) is 0 Å². The van der Waals surface area contributed by atoms with Gasteiger partial charge in [-0.1, -0.05) is 0 Å². The predicted octanol–water partition coefficient (Wildman–Crippen LogP) is 1.54. The summed E-state index contributed by atoms with van der Waals surface area (Å²) in [5, 5.41) is 12.1. The molecule has 0 amide bonds. The maximum Gasteiger partial charge on any atom is 0.341 e. The second-order valence-electron chi connectivity index (χ2n) is 6.47. The molecule has 0 bridgehead atoms. The average molecular weight is 352 g/mol. The van der Waals surface area contributed by atoms with Crippen molar-refractivity contribution < 1.29 is 18.7 Å². The highest BCUT2D eigenvalue weighted by Gasteiger charge is 2.36. The SMILES string of the molecule is CCn1cc(C(=O)O)c(=O)c2cc(F)c([N+]3(C)CCNCC3)c(F)c21. The number of carboxylic acid groups (broad SMARTS) is 1. The summed E-state index contributed by atoms with van der Waals surface area (Å²) in [7, 11) is 1.76. The van der Waals surface area contributed by atoms with Crippen molar-refractivity contribution >= 4 is 22.6 Å². The number of nitrogens with one attached hydrogen (secondary N) is 1. The van der Waals surface area contributed by atoms with Crippen molar-refractivity contribution in [3.8, 4) is 0 Å². The third kappa shape index (κ3) is 2.71. The summed E-state index contributed by atoms with van der Waals surface area (Å²) in [5.41, 5.74) is -1.51. The predicted molar refractivity (Wildman–Crippen MR) is 91.1 cm³/mol. The summed E-state index contributed by atoms with van der Waals surface area (Å²) < 4.78 is 31.6. The Labute approximate surface area is 142 Å². The fourth-order valence-corrected chi connectivity index (χ4v) is 3.49. The van der Waals surface area contributed by atoms with Crippen molar-refractivity contribution in [2.24, 2.45) is 0 Å². The van der Waals surface area contributed by atoms with Gasteiger partial charge in [0.25, 0.3) is 0 Å². The number of pyridine rings is 1. The highest BCUT2D eigenvalue weighted by atomic mass is 19.1. The van der Waals surface area contributed by atoms with Crippen LogP contribution in [0, 0.1) is 11.6 Å². The first-order valence-corrected chi connectivity index (χ1v) is 8.14. The van der Waals surface area contributed by atoms with Crippen LogP contribution in [0.1, 0.15) is 17.3 Å². The molecule has 25 heavy (non-hydrogen) atoms. The van der Waals surface area contributed by atoms with Gasteiger partial charge in [-0.15, -0.1) is 0 Å². The highest BCUT2D eigenvalue weighted by molar-refractivity contribution is 5.93. The second kappa shape index (κ2) is 6.20. The van der Waals surface area contributed by atoms with E-state index in [0.29, 0.717) is 26.2 Å². The van der Waals surface area contributed by atoms with E-state index in [-0.39, 0.29) is 27.6 Å². The van der Waals surface area contributed by atoms with Gasteiger partial charge in [0.1, 0.15) is 5.56 Å². The van der Waals surface area contributed by atoms with Gasteiger partial charge in [0.15, 0.2) is 5.82 Å². The summed E-state index contributed by atoms with van der Waals surface area (Å²) in [6.07, 6.45) is 1.12. The van der Waals surface area contributed by atoms with Crippen LogP contribution in [0.5, 0.6) is 0 Å². The molecule has 0 unspecified atom stereocenters. The Morgan fingerprint density at radius 1 is 1.36 bits per heavy atom. The number of carbonyl (C=O) groups is 1. The van der Waals surface area contributed by atoms with E-state index >= 15 is 4.39 Å². The smallest absolute Gasteiger partial charge is 0.341 e. The van der Waals surface area contributed by atoms with Crippen molar-refractivity contribution in [3.63, 3.8) is 0 Å². The zero-order chi connectivity index (χ0) is 18.4. The van der Waals surface area contributed by atoms with E-state index in [0.717, 1.165) is 12.3 Å². The third-order valence-electron chi connectivity index (χ3n) is 4.90. The van der Waals surface area contributed by atoms with E-state index in [2.05, 4.69) is 5.32 Å². The molecule has 8 heteroatoms. The number of hydrogen-bond donors (Lipinski definition) is 2.